The third-order valence-electron chi connectivity index (χ3n) is 4.09. The lowest BCUT2D eigenvalue weighted by molar-refractivity contribution is 0.0980. The van der Waals surface area contributed by atoms with E-state index in [2.05, 4.69) is 44.3 Å². The highest BCUT2D eigenvalue weighted by Crippen LogP contribution is 2.27. The summed E-state index contributed by atoms with van der Waals surface area (Å²) in [7, 11) is 0. The number of rotatable bonds is 8. The molecule has 1 N–H and O–H groups in total. The molecule has 1 saturated heterocycles. The van der Waals surface area contributed by atoms with Crippen LogP contribution in [0.15, 0.2) is 18.2 Å². The normalized spacial score (nSPS) is 19.7. The van der Waals surface area contributed by atoms with Crippen molar-refractivity contribution in [2.24, 2.45) is 0 Å². The van der Waals surface area contributed by atoms with Gasteiger partial charge in [0.05, 0.1) is 12.7 Å². The van der Waals surface area contributed by atoms with Crippen molar-refractivity contribution in [3.05, 3.63) is 29.3 Å². The van der Waals surface area contributed by atoms with Crippen LogP contribution in [0.2, 0.25) is 0 Å². The van der Waals surface area contributed by atoms with Crippen LogP contribution in [0.25, 0.3) is 0 Å². The van der Waals surface area contributed by atoms with Crippen LogP contribution in [-0.2, 0) is 4.74 Å². The van der Waals surface area contributed by atoms with Gasteiger partial charge in [0.2, 0.25) is 0 Å². The minimum atomic E-state index is 0.322. The largest absolute Gasteiger partial charge is 0.493 e. The van der Waals surface area contributed by atoms with E-state index in [0.717, 1.165) is 38.3 Å². The third kappa shape index (κ3) is 5.01. The fourth-order valence-electron chi connectivity index (χ4n) is 2.92. The van der Waals surface area contributed by atoms with E-state index in [1.807, 2.05) is 0 Å². The lowest BCUT2D eigenvalue weighted by atomic mass is 10.0. The summed E-state index contributed by atoms with van der Waals surface area (Å²) < 4.78 is 11.7. The zero-order valence-electron chi connectivity index (χ0n) is 13.7. The SMILES string of the molecule is CCNC(C)c1cc(C)ccc1OCCCC1CCCO1. The smallest absolute Gasteiger partial charge is 0.124 e. The van der Waals surface area contributed by atoms with Crippen LogP contribution in [0.3, 0.4) is 0 Å². The molecule has 1 aliphatic rings. The summed E-state index contributed by atoms with van der Waals surface area (Å²) >= 11 is 0. The van der Waals surface area contributed by atoms with Crippen molar-refractivity contribution in [2.45, 2.75) is 58.6 Å². The maximum atomic E-state index is 6.02. The molecule has 21 heavy (non-hydrogen) atoms. The monoisotopic (exact) mass is 291 g/mol. The summed E-state index contributed by atoms with van der Waals surface area (Å²) in [6, 6.07) is 6.77. The van der Waals surface area contributed by atoms with Crippen molar-refractivity contribution >= 4 is 0 Å². The maximum absolute atomic E-state index is 6.02. The summed E-state index contributed by atoms with van der Waals surface area (Å²) in [4.78, 5) is 0. The van der Waals surface area contributed by atoms with Gasteiger partial charge in [-0.05, 0) is 52.1 Å². The quantitative estimate of drug-likeness (QED) is 0.734. The Kier molecular flexibility index (Phi) is 6.52. The molecule has 0 aromatic heterocycles. The van der Waals surface area contributed by atoms with E-state index in [9.17, 15) is 0 Å². The van der Waals surface area contributed by atoms with E-state index in [-0.39, 0.29) is 0 Å². The second kappa shape index (κ2) is 8.40. The highest BCUT2D eigenvalue weighted by molar-refractivity contribution is 5.38. The first-order valence-corrected chi connectivity index (χ1v) is 8.29. The average Bonchev–Trinajstić information content (AvgIpc) is 2.98. The molecule has 2 unspecified atom stereocenters. The summed E-state index contributed by atoms with van der Waals surface area (Å²) in [5, 5.41) is 3.46. The Balaban J connectivity index is 1.86. The number of hydrogen-bond donors (Lipinski definition) is 1. The van der Waals surface area contributed by atoms with Crippen LogP contribution in [0.4, 0.5) is 0 Å². The fourth-order valence-corrected chi connectivity index (χ4v) is 2.92. The van der Waals surface area contributed by atoms with Crippen molar-refractivity contribution < 1.29 is 9.47 Å². The lowest BCUT2D eigenvalue weighted by Crippen LogP contribution is -2.19. The molecule has 0 saturated carbocycles. The van der Waals surface area contributed by atoms with E-state index in [1.165, 1.54) is 24.0 Å². The molecule has 0 aliphatic carbocycles. The van der Waals surface area contributed by atoms with Gasteiger partial charge in [0.25, 0.3) is 0 Å². The maximum Gasteiger partial charge on any atom is 0.124 e. The molecule has 0 radical (unpaired) electrons. The Labute approximate surface area is 129 Å². The van der Waals surface area contributed by atoms with Crippen LogP contribution in [0.5, 0.6) is 5.75 Å². The Morgan fingerprint density at radius 3 is 3.00 bits per heavy atom. The molecule has 0 spiro atoms. The van der Waals surface area contributed by atoms with Gasteiger partial charge in [-0.25, -0.2) is 0 Å². The van der Waals surface area contributed by atoms with Gasteiger partial charge in [0.15, 0.2) is 0 Å². The Hall–Kier alpha value is -1.06. The minimum Gasteiger partial charge on any atom is -0.493 e. The van der Waals surface area contributed by atoms with Crippen LogP contribution >= 0.6 is 0 Å². The van der Waals surface area contributed by atoms with Gasteiger partial charge in [-0.2, -0.15) is 0 Å². The Bertz CT molecular complexity index is 427. The molecule has 1 aromatic carbocycles. The van der Waals surface area contributed by atoms with Gasteiger partial charge >= 0.3 is 0 Å². The van der Waals surface area contributed by atoms with Crippen LogP contribution < -0.4 is 10.1 Å². The molecule has 118 valence electrons. The molecule has 3 nitrogen and oxygen atoms in total. The molecule has 1 aliphatic heterocycles. The molecule has 2 rings (SSSR count). The highest BCUT2D eigenvalue weighted by Gasteiger charge is 2.15. The fraction of sp³-hybridized carbons (Fsp3) is 0.667. The summed E-state index contributed by atoms with van der Waals surface area (Å²) in [6.07, 6.45) is 5.07. The van der Waals surface area contributed by atoms with Crippen LogP contribution in [-0.4, -0.2) is 25.9 Å². The highest BCUT2D eigenvalue weighted by atomic mass is 16.5. The zero-order chi connectivity index (χ0) is 15.1. The molecule has 0 bridgehead atoms. The summed E-state index contributed by atoms with van der Waals surface area (Å²) in [5.74, 6) is 1.02. The standard InChI is InChI=1S/C18H29NO2/c1-4-19-15(3)17-13-14(2)9-10-18(17)21-12-6-8-16-7-5-11-20-16/h9-10,13,15-16,19H,4-8,11-12H2,1-3H3. The topological polar surface area (TPSA) is 30.5 Å². The Morgan fingerprint density at radius 1 is 1.43 bits per heavy atom. The molecule has 3 heteroatoms. The number of nitrogens with one attached hydrogen (secondary N) is 1. The van der Waals surface area contributed by atoms with Crippen LogP contribution in [0, 0.1) is 6.92 Å². The van der Waals surface area contributed by atoms with E-state index in [4.69, 9.17) is 9.47 Å². The molecule has 1 fully saturated rings. The van der Waals surface area contributed by atoms with Gasteiger partial charge in [0, 0.05) is 18.2 Å². The van der Waals surface area contributed by atoms with Gasteiger partial charge < -0.3 is 14.8 Å². The third-order valence-corrected chi connectivity index (χ3v) is 4.09. The van der Waals surface area contributed by atoms with E-state index in [1.54, 1.807) is 0 Å². The van der Waals surface area contributed by atoms with Crippen molar-refractivity contribution in [1.29, 1.82) is 0 Å². The van der Waals surface area contributed by atoms with Crippen LogP contribution in [0.1, 0.15) is 56.7 Å². The second-order valence-electron chi connectivity index (χ2n) is 5.95. The molecule has 1 heterocycles. The van der Waals surface area contributed by atoms with Crippen molar-refractivity contribution in [1.82, 2.24) is 5.32 Å². The molecular weight excluding hydrogens is 262 g/mol. The zero-order valence-corrected chi connectivity index (χ0v) is 13.7. The van der Waals surface area contributed by atoms with Gasteiger partial charge in [0.1, 0.15) is 5.75 Å². The summed E-state index contributed by atoms with van der Waals surface area (Å²) in [5.41, 5.74) is 2.54. The number of aryl methyl sites for hydroxylation is 1. The number of hydrogen-bond acceptors (Lipinski definition) is 3. The second-order valence-corrected chi connectivity index (χ2v) is 5.95. The van der Waals surface area contributed by atoms with E-state index in [0.29, 0.717) is 12.1 Å². The lowest BCUT2D eigenvalue weighted by Gasteiger charge is -2.19. The first kappa shape index (κ1) is 16.3. The molecular formula is C18H29NO2. The Morgan fingerprint density at radius 2 is 2.29 bits per heavy atom. The predicted octanol–water partition coefficient (Wildman–Crippen LogP) is 4.00. The predicted molar refractivity (Wildman–Crippen MR) is 87.0 cm³/mol. The minimum absolute atomic E-state index is 0.322. The first-order valence-electron chi connectivity index (χ1n) is 8.29. The van der Waals surface area contributed by atoms with E-state index >= 15 is 0 Å². The van der Waals surface area contributed by atoms with Gasteiger partial charge in [-0.15, -0.1) is 0 Å². The molecule has 0 amide bonds. The van der Waals surface area contributed by atoms with E-state index < -0.39 is 0 Å². The van der Waals surface area contributed by atoms with Crippen molar-refractivity contribution in [2.75, 3.05) is 19.8 Å². The summed E-state index contributed by atoms with van der Waals surface area (Å²) in [6.45, 7) is 9.13. The van der Waals surface area contributed by atoms with Gasteiger partial charge in [-0.1, -0.05) is 24.6 Å². The number of ether oxygens (including phenoxy) is 2. The van der Waals surface area contributed by atoms with Crippen molar-refractivity contribution in [3.63, 3.8) is 0 Å². The molecule has 1 aromatic rings. The van der Waals surface area contributed by atoms with Crippen molar-refractivity contribution in [3.8, 4) is 5.75 Å². The van der Waals surface area contributed by atoms with Gasteiger partial charge in [-0.3, -0.25) is 0 Å². The number of benzene rings is 1. The first-order chi connectivity index (χ1) is 10.2. The average molecular weight is 291 g/mol. The molecule has 2 atom stereocenters.